The fourth-order valence-electron chi connectivity index (χ4n) is 1.89. The van der Waals surface area contributed by atoms with E-state index >= 15 is 0 Å². The van der Waals surface area contributed by atoms with Crippen molar-refractivity contribution < 1.29 is 14.4 Å². The van der Waals surface area contributed by atoms with Gasteiger partial charge in [-0.15, -0.1) is 0 Å². The Labute approximate surface area is 86.2 Å². The predicted molar refractivity (Wildman–Crippen MR) is 49.7 cm³/mol. The molecule has 2 heterocycles. The third kappa shape index (κ3) is 1.60. The van der Waals surface area contributed by atoms with E-state index < -0.39 is 12.1 Å². The third-order valence-electron chi connectivity index (χ3n) is 2.73. The summed E-state index contributed by atoms with van der Waals surface area (Å²) in [6.45, 7) is 1.00. The number of amides is 4. The van der Waals surface area contributed by atoms with Crippen LogP contribution in [0.3, 0.4) is 0 Å². The van der Waals surface area contributed by atoms with Crippen LogP contribution in [0.15, 0.2) is 0 Å². The van der Waals surface area contributed by atoms with Gasteiger partial charge in [-0.25, -0.2) is 4.79 Å². The van der Waals surface area contributed by atoms with Gasteiger partial charge in [0.05, 0.1) is 13.1 Å². The lowest BCUT2D eigenvalue weighted by Gasteiger charge is -2.42. The highest BCUT2D eigenvalue weighted by Gasteiger charge is 2.39. The van der Waals surface area contributed by atoms with Gasteiger partial charge in [0, 0.05) is 13.1 Å². The second-order valence-electron chi connectivity index (χ2n) is 3.60. The molecule has 0 aromatic rings. The molecule has 0 spiro atoms. The van der Waals surface area contributed by atoms with E-state index in [1.165, 1.54) is 9.80 Å². The fourth-order valence-corrected chi connectivity index (χ4v) is 1.89. The van der Waals surface area contributed by atoms with E-state index in [2.05, 4.69) is 5.32 Å². The molecule has 3 N–H and O–H groups in total. The van der Waals surface area contributed by atoms with E-state index in [0.29, 0.717) is 13.1 Å². The highest BCUT2D eigenvalue weighted by molar-refractivity contribution is 5.95. The van der Waals surface area contributed by atoms with E-state index in [-0.39, 0.29) is 24.9 Å². The molecule has 2 fully saturated rings. The van der Waals surface area contributed by atoms with Gasteiger partial charge in [0.25, 0.3) is 0 Å². The van der Waals surface area contributed by atoms with Gasteiger partial charge < -0.3 is 20.9 Å². The average molecular weight is 212 g/mol. The molecule has 0 aromatic heterocycles. The average Bonchev–Trinajstić information content (AvgIpc) is 2.23. The van der Waals surface area contributed by atoms with Crippen molar-refractivity contribution >= 4 is 17.8 Å². The lowest BCUT2D eigenvalue weighted by atomic mass is 10.1. The summed E-state index contributed by atoms with van der Waals surface area (Å²) in [7, 11) is 0. The zero-order valence-corrected chi connectivity index (χ0v) is 8.10. The molecule has 7 nitrogen and oxygen atoms in total. The molecule has 1 unspecified atom stereocenters. The SMILES string of the molecule is NC(=O)N1CCN2C(=O)CNC(=O)C2C1. The molecule has 2 aliphatic heterocycles. The summed E-state index contributed by atoms with van der Waals surface area (Å²) in [5.74, 6) is -0.329. The van der Waals surface area contributed by atoms with Crippen LogP contribution in [0.1, 0.15) is 0 Å². The summed E-state index contributed by atoms with van der Waals surface area (Å²) in [6, 6.07) is -1.13. The van der Waals surface area contributed by atoms with Gasteiger partial charge >= 0.3 is 6.03 Å². The first-order valence-electron chi connectivity index (χ1n) is 4.71. The minimum atomic E-state index is -0.576. The van der Waals surface area contributed by atoms with Gasteiger partial charge in [0.2, 0.25) is 11.8 Å². The van der Waals surface area contributed by atoms with Gasteiger partial charge in [-0.2, -0.15) is 0 Å². The summed E-state index contributed by atoms with van der Waals surface area (Å²) in [6.07, 6.45) is 0. The Kier molecular flexibility index (Phi) is 2.22. The second-order valence-corrected chi connectivity index (χ2v) is 3.60. The van der Waals surface area contributed by atoms with Crippen molar-refractivity contribution in [2.45, 2.75) is 6.04 Å². The minimum absolute atomic E-state index is 0.0475. The first-order chi connectivity index (χ1) is 7.09. The number of carbonyl (C=O) groups is 3. The summed E-state index contributed by atoms with van der Waals surface area (Å²) in [5, 5.41) is 2.48. The van der Waals surface area contributed by atoms with Crippen LogP contribution in [0.4, 0.5) is 4.79 Å². The molecule has 0 aliphatic carbocycles. The molecule has 1 atom stereocenters. The maximum atomic E-state index is 11.5. The molecule has 7 heteroatoms. The van der Waals surface area contributed by atoms with Crippen LogP contribution in [0, 0.1) is 0 Å². The van der Waals surface area contributed by atoms with Gasteiger partial charge in [0.15, 0.2) is 0 Å². The van der Waals surface area contributed by atoms with Crippen LogP contribution in [0.5, 0.6) is 0 Å². The van der Waals surface area contributed by atoms with Crippen molar-refractivity contribution in [3.63, 3.8) is 0 Å². The maximum Gasteiger partial charge on any atom is 0.314 e. The Hall–Kier alpha value is -1.79. The van der Waals surface area contributed by atoms with Crippen LogP contribution in [-0.2, 0) is 9.59 Å². The molecule has 0 radical (unpaired) electrons. The first kappa shape index (κ1) is 9.75. The van der Waals surface area contributed by atoms with Gasteiger partial charge in [-0.05, 0) is 0 Å². The quantitative estimate of drug-likeness (QED) is 0.473. The molecule has 15 heavy (non-hydrogen) atoms. The highest BCUT2D eigenvalue weighted by Crippen LogP contribution is 2.12. The number of fused-ring (bicyclic) bond motifs is 1. The van der Waals surface area contributed by atoms with Crippen molar-refractivity contribution in [2.24, 2.45) is 5.73 Å². The van der Waals surface area contributed by atoms with E-state index in [4.69, 9.17) is 5.73 Å². The number of hydrogen-bond donors (Lipinski definition) is 2. The zero-order chi connectivity index (χ0) is 11.0. The smallest absolute Gasteiger partial charge is 0.314 e. The summed E-state index contributed by atoms with van der Waals surface area (Å²) >= 11 is 0. The molecule has 0 saturated carbocycles. The van der Waals surface area contributed by atoms with E-state index in [1.54, 1.807) is 0 Å². The normalized spacial score (nSPS) is 26.0. The number of carbonyl (C=O) groups excluding carboxylic acids is 3. The van der Waals surface area contributed by atoms with E-state index in [0.717, 1.165) is 0 Å². The number of nitrogens with zero attached hydrogens (tertiary/aromatic N) is 2. The first-order valence-corrected chi connectivity index (χ1v) is 4.71. The van der Waals surface area contributed by atoms with Crippen LogP contribution in [0.2, 0.25) is 0 Å². The summed E-state index contributed by atoms with van der Waals surface area (Å²) in [5.41, 5.74) is 5.12. The zero-order valence-electron chi connectivity index (χ0n) is 8.10. The van der Waals surface area contributed by atoms with Crippen LogP contribution in [-0.4, -0.2) is 59.9 Å². The number of rotatable bonds is 0. The summed E-state index contributed by atoms with van der Waals surface area (Å²) in [4.78, 5) is 36.7. The van der Waals surface area contributed by atoms with E-state index in [1.807, 2.05) is 0 Å². The standard InChI is InChI=1S/C8H12N4O3/c9-8(15)11-1-2-12-5(4-11)7(14)10-3-6(12)13/h5H,1-4H2,(H2,9,15)(H,10,14). The Morgan fingerprint density at radius 1 is 1.40 bits per heavy atom. The second kappa shape index (κ2) is 3.41. The number of nitrogens with one attached hydrogen (secondary N) is 1. The molecule has 82 valence electrons. The van der Waals surface area contributed by atoms with E-state index in [9.17, 15) is 14.4 Å². The monoisotopic (exact) mass is 212 g/mol. The van der Waals surface area contributed by atoms with Crippen molar-refractivity contribution in [1.29, 1.82) is 0 Å². The van der Waals surface area contributed by atoms with Crippen LogP contribution < -0.4 is 11.1 Å². The number of primary amides is 1. The number of hydrogen-bond acceptors (Lipinski definition) is 3. The van der Waals surface area contributed by atoms with Crippen molar-refractivity contribution in [3.05, 3.63) is 0 Å². The Bertz CT molecular complexity index is 330. The van der Waals surface area contributed by atoms with Crippen molar-refractivity contribution in [3.8, 4) is 0 Å². The molecular formula is C8H12N4O3. The van der Waals surface area contributed by atoms with Crippen molar-refractivity contribution in [1.82, 2.24) is 15.1 Å². The Morgan fingerprint density at radius 2 is 2.13 bits per heavy atom. The van der Waals surface area contributed by atoms with Gasteiger partial charge in [-0.3, -0.25) is 9.59 Å². The predicted octanol–water partition coefficient (Wildman–Crippen LogP) is -2.29. The Morgan fingerprint density at radius 3 is 2.80 bits per heavy atom. The third-order valence-corrected chi connectivity index (χ3v) is 2.73. The number of piperazine rings is 2. The van der Waals surface area contributed by atoms with Crippen LogP contribution >= 0.6 is 0 Å². The largest absolute Gasteiger partial charge is 0.351 e. The van der Waals surface area contributed by atoms with Crippen molar-refractivity contribution in [2.75, 3.05) is 26.2 Å². The molecule has 0 bridgehead atoms. The van der Waals surface area contributed by atoms with Gasteiger partial charge in [-0.1, -0.05) is 0 Å². The highest BCUT2D eigenvalue weighted by atomic mass is 16.2. The lowest BCUT2D eigenvalue weighted by molar-refractivity contribution is -0.148. The minimum Gasteiger partial charge on any atom is -0.351 e. The molecule has 2 rings (SSSR count). The maximum absolute atomic E-state index is 11.5. The molecule has 0 aromatic carbocycles. The number of urea groups is 1. The molecule has 2 aliphatic rings. The molecular weight excluding hydrogens is 200 g/mol. The Balaban J connectivity index is 2.13. The lowest BCUT2D eigenvalue weighted by Crippen LogP contribution is -2.67. The topological polar surface area (TPSA) is 95.7 Å². The molecule has 2 saturated heterocycles. The number of nitrogens with two attached hydrogens (primary N) is 1. The fraction of sp³-hybridized carbons (Fsp3) is 0.625. The van der Waals surface area contributed by atoms with Gasteiger partial charge in [0.1, 0.15) is 6.04 Å². The molecule has 4 amide bonds. The summed E-state index contributed by atoms with van der Waals surface area (Å²) < 4.78 is 0. The van der Waals surface area contributed by atoms with Crippen LogP contribution in [0.25, 0.3) is 0 Å².